The first-order valence-electron chi connectivity index (χ1n) is 5.44. The second-order valence-electron chi connectivity index (χ2n) is 4.40. The highest BCUT2D eigenvalue weighted by molar-refractivity contribution is 9.09. The normalized spacial score (nSPS) is 22.1. The SMILES string of the molecule is CS(=O)(=O)CC(=O)N1CCCC(CCBr)C1. The highest BCUT2D eigenvalue weighted by atomic mass is 79.9. The van der Waals surface area contributed by atoms with Crippen LogP contribution in [0.2, 0.25) is 0 Å². The van der Waals surface area contributed by atoms with Gasteiger partial charge in [0.15, 0.2) is 9.84 Å². The fourth-order valence-corrected chi connectivity index (χ4v) is 3.28. The molecule has 1 unspecified atom stereocenters. The van der Waals surface area contributed by atoms with Crippen LogP contribution >= 0.6 is 15.9 Å². The average molecular weight is 312 g/mol. The lowest BCUT2D eigenvalue weighted by atomic mass is 9.96. The van der Waals surface area contributed by atoms with Crippen molar-refractivity contribution in [3.8, 4) is 0 Å². The second-order valence-corrected chi connectivity index (χ2v) is 7.33. The minimum absolute atomic E-state index is 0.248. The predicted octanol–water partition coefficient (Wildman–Crippen LogP) is 1.05. The molecule has 0 aromatic heterocycles. The highest BCUT2D eigenvalue weighted by Crippen LogP contribution is 2.20. The number of halogens is 1. The largest absolute Gasteiger partial charge is 0.342 e. The third-order valence-corrected chi connectivity index (χ3v) is 4.00. The van der Waals surface area contributed by atoms with Crippen LogP contribution in [0.5, 0.6) is 0 Å². The van der Waals surface area contributed by atoms with Gasteiger partial charge in [0.25, 0.3) is 0 Å². The summed E-state index contributed by atoms with van der Waals surface area (Å²) in [6, 6.07) is 0. The van der Waals surface area contributed by atoms with E-state index in [0.29, 0.717) is 19.0 Å². The first-order chi connectivity index (χ1) is 7.42. The molecule has 4 nitrogen and oxygen atoms in total. The minimum atomic E-state index is -3.20. The third kappa shape index (κ3) is 4.82. The van der Waals surface area contributed by atoms with Gasteiger partial charge in [0.05, 0.1) is 0 Å². The van der Waals surface area contributed by atoms with Crippen LogP contribution in [0.3, 0.4) is 0 Å². The number of hydrogen-bond acceptors (Lipinski definition) is 3. The van der Waals surface area contributed by atoms with Crippen LogP contribution in [0.1, 0.15) is 19.3 Å². The van der Waals surface area contributed by atoms with Gasteiger partial charge in [0.1, 0.15) is 5.75 Å². The Bertz CT molecular complexity index is 340. The zero-order valence-corrected chi connectivity index (χ0v) is 11.9. The maximum Gasteiger partial charge on any atom is 0.237 e. The van der Waals surface area contributed by atoms with Gasteiger partial charge in [-0.2, -0.15) is 0 Å². The quantitative estimate of drug-likeness (QED) is 0.729. The fourth-order valence-electron chi connectivity index (χ4n) is 2.00. The summed E-state index contributed by atoms with van der Waals surface area (Å²) >= 11 is 3.39. The minimum Gasteiger partial charge on any atom is -0.342 e. The summed E-state index contributed by atoms with van der Waals surface area (Å²) in [5, 5.41) is 0.936. The van der Waals surface area contributed by atoms with Crippen molar-refractivity contribution < 1.29 is 13.2 Å². The third-order valence-electron chi connectivity index (χ3n) is 2.77. The smallest absolute Gasteiger partial charge is 0.237 e. The van der Waals surface area contributed by atoms with E-state index in [0.717, 1.165) is 30.8 Å². The van der Waals surface area contributed by atoms with Crippen LogP contribution in [-0.4, -0.2) is 49.7 Å². The first kappa shape index (κ1) is 14.0. The van der Waals surface area contributed by atoms with Crippen LogP contribution in [-0.2, 0) is 14.6 Å². The standard InChI is InChI=1S/C10H18BrNO3S/c1-16(14,15)8-10(13)12-6-2-3-9(7-12)4-5-11/h9H,2-8H2,1H3. The summed E-state index contributed by atoms with van der Waals surface area (Å²) in [4.78, 5) is 13.4. The molecule has 1 amide bonds. The molecule has 1 heterocycles. The Hall–Kier alpha value is -0.100. The summed E-state index contributed by atoms with van der Waals surface area (Å²) < 4.78 is 22.1. The summed E-state index contributed by atoms with van der Waals surface area (Å²) in [6.07, 6.45) is 4.26. The Labute approximate surface area is 105 Å². The summed E-state index contributed by atoms with van der Waals surface area (Å²) in [7, 11) is -3.20. The molecule has 0 bridgehead atoms. The molecule has 0 radical (unpaired) electrons. The van der Waals surface area contributed by atoms with Gasteiger partial charge in [0, 0.05) is 24.7 Å². The van der Waals surface area contributed by atoms with Crippen LogP contribution in [0.15, 0.2) is 0 Å². The molecule has 1 aliphatic rings. The number of piperidine rings is 1. The lowest BCUT2D eigenvalue weighted by Crippen LogP contribution is -2.42. The molecule has 0 aromatic rings. The maximum atomic E-state index is 11.7. The molecule has 1 aliphatic heterocycles. The van der Waals surface area contributed by atoms with Gasteiger partial charge >= 0.3 is 0 Å². The van der Waals surface area contributed by atoms with Crippen molar-refractivity contribution in [2.45, 2.75) is 19.3 Å². The molecular weight excluding hydrogens is 294 g/mol. The summed E-state index contributed by atoms with van der Waals surface area (Å²) in [6.45, 7) is 1.41. The van der Waals surface area contributed by atoms with E-state index in [-0.39, 0.29) is 11.7 Å². The van der Waals surface area contributed by atoms with Crippen molar-refractivity contribution in [3.05, 3.63) is 0 Å². The van der Waals surface area contributed by atoms with Crippen molar-refractivity contribution in [1.82, 2.24) is 4.90 Å². The fraction of sp³-hybridized carbons (Fsp3) is 0.900. The van der Waals surface area contributed by atoms with Crippen molar-refractivity contribution in [2.75, 3.05) is 30.4 Å². The van der Waals surface area contributed by atoms with E-state index in [2.05, 4.69) is 15.9 Å². The van der Waals surface area contributed by atoms with E-state index in [1.165, 1.54) is 0 Å². The van der Waals surface area contributed by atoms with Gasteiger partial charge in [-0.1, -0.05) is 15.9 Å². The van der Waals surface area contributed by atoms with E-state index >= 15 is 0 Å². The topological polar surface area (TPSA) is 54.5 Å². The number of sulfone groups is 1. The number of amides is 1. The van der Waals surface area contributed by atoms with Crippen molar-refractivity contribution >= 4 is 31.7 Å². The molecule has 0 saturated carbocycles. The molecule has 1 rings (SSSR count). The van der Waals surface area contributed by atoms with E-state index in [4.69, 9.17) is 0 Å². The van der Waals surface area contributed by atoms with Gasteiger partial charge in [-0.05, 0) is 25.2 Å². The van der Waals surface area contributed by atoms with Crippen molar-refractivity contribution in [2.24, 2.45) is 5.92 Å². The van der Waals surface area contributed by atoms with Gasteiger partial charge in [0.2, 0.25) is 5.91 Å². The van der Waals surface area contributed by atoms with Crippen LogP contribution in [0.25, 0.3) is 0 Å². The molecule has 0 N–H and O–H groups in total. The zero-order valence-electron chi connectivity index (χ0n) is 9.49. The first-order valence-corrected chi connectivity index (χ1v) is 8.62. The van der Waals surface area contributed by atoms with Crippen LogP contribution < -0.4 is 0 Å². The Kier molecular flexibility index (Phi) is 5.24. The Morgan fingerprint density at radius 2 is 2.19 bits per heavy atom. The number of hydrogen-bond donors (Lipinski definition) is 0. The zero-order chi connectivity index (χ0) is 12.2. The van der Waals surface area contributed by atoms with E-state index < -0.39 is 9.84 Å². The Morgan fingerprint density at radius 1 is 1.50 bits per heavy atom. The average Bonchev–Trinajstić information content (AvgIpc) is 2.16. The van der Waals surface area contributed by atoms with Gasteiger partial charge < -0.3 is 4.90 Å². The number of carbonyl (C=O) groups excluding carboxylic acids is 1. The molecule has 0 spiro atoms. The second kappa shape index (κ2) is 6.00. The maximum absolute atomic E-state index is 11.7. The molecular formula is C10H18BrNO3S. The van der Waals surface area contributed by atoms with Crippen LogP contribution in [0.4, 0.5) is 0 Å². The lowest BCUT2D eigenvalue weighted by molar-refractivity contribution is -0.130. The van der Waals surface area contributed by atoms with E-state index in [1.54, 1.807) is 4.90 Å². The monoisotopic (exact) mass is 311 g/mol. The number of carbonyl (C=O) groups is 1. The molecule has 0 aromatic carbocycles. The molecule has 6 heteroatoms. The molecule has 1 atom stereocenters. The number of rotatable bonds is 4. The molecule has 16 heavy (non-hydrogen) atoms. The van der Waals surface area contributed by atoms with Crippen LogP contribution in [0, 0.1) is 5.92 Å². The molecule has 94 valence electrons. The predicted molar refractivity (Wildman–Crippen MR) is 67.4 cm³/mol. The Morgan fingerprint density at radius 3 is 2.75 bits per heavy atom. The number of likely N-dealkylation sites (tertiary alicyclic amines) is 1. The summed E-state index contributed by atoms with van der Waals surface area (Å²) in [5.41, 5.74) is 0. The van der Waals surface area contributed by atoms with Crippen molar-refractivity contribution in [1.29, 1.82) is 0 Å². The van der Waals surface area contributed by atoms with Gasteiger partial charge in [-0.25, -0.2) is 8.42 Å². The van der Waals surface area contributed by atoms with E-state index in [1.807, 2.05) is 0 Å². The lowest BCUT2D eigenvalue weighted by Gasteiger charge is -2.32. The number of nitrogens with zero attached hydrogens (tertiary/aromatic N) is 1. The molecule has 1 fully saturated rings. The van der Waals surface area contributed by atoms with Gasteiger partial charge in [-0.15, -0.1) is 0 Å². The highest BCUT2D eigenvalue weighted by Gasteiger charge is 2.24. The van der Waals surface area contributed by atoms with E-state index in [9.17, 15) is 13.2 Å². The summed E-state index contributed by atoms with van der Waals surface area (Å²) in [5.74, 6) is -0.0907. The van der Waals surface area contributed by atoms with Crippen molar-refractivity contribution in [3.63, 3.8) is 0 Å². The Balaban J connectivity index is 2.50. The molecule has 0 aliphatic carbocycles. The van der Waals surface area contributed by atoms with Gasteiger partial charge in [-0.3, -0.25) is 4.79 Å². The number of alkyl halides is 1. The molecule has 1 saturated heterocycles.